The first-order chi connectivity index (χ1) is 7.86. The normalized spacial score (nSPS) is 31.9. The fraction of sp³-hybridized carbons (Fsp3) is 0.286. The van der Waals surface area contributed by atoms with E-state index >= 15 is 0 Å². The van der Waals surface area contributed by atoms with Crippen LogP contribution in [0.3, 0.4) is 0 Å². The Hall–Kier alpha value is -0.990. The Morgan fingerprint density at radius 3 is 3.12 bits per heavy atom. The third-order valence-corrected chi connectivity index (χ3v) is 4.30. The predicted molar refractivity (Wildman–Crippen MR) is 69.4 cm³/mol. The molecule has 0 amide bonds. The van der Waals surface area contributed by atoms with E-state index in [2.05, 4.69) is 42.5 Å². The Kier molecular flexibility index (Phi) is 2.62. The summed E-state index contributed by atoms with van der Waals surface area (Å²) in [4.78, 5) is 0. The summed E-state index contributed by atoms with van der Waals surface area (Å²) >= 11 is 1.92. The minimum absolute atomic E-state index is 0.330. The number of aliphatic hydroxyl groups excluding tert-OH is 1. The van der Waals surface area contributed by atoms with E-state index in [0.29, 0.717) is 5.25 Å². The Morgan fingerprint density at radius 1 is 1.25 bits per heavy atom. The van der Waals surface area contributed by atoms with Crippen LogP contribution in [0.1, 0.15) is 6.42 Å². The maximum Gasteiger partial charge on any atom is 0.0833 e. The second-order valence-corrected chi connectivity index (χ2v) is 5.35. The van der Waals surface area contributed by atoms with Crippen LogP contribution in [-0.4, -0.2) is 22.2 Å². The Balaban J connectivity index is 2.15. The second-order valence-electron chi connectivity index (χ2n) is 4.18. The van der Waals surface area contributed by atoms with Gasteiger partial charge in [0.25, 0.3) is 0 Å². The molecule has 1 aliphatic heterocycles. The average Bonchev–Trinajstić information content (AvgIpc) is 2.49. The summed E-state index contributed by atoms with van der Waals surface area (Å²) in [5.74, 6) is 1.02. The molecule has 0 aromatic carbocycles. The molecule has 2 unspecified atom stereocenters. The fourth-order valence-electron chi connectivity index (χ4n) is 2.41. The predicted octanol–water partition coefficient (Wildman–Crippen LogP) is 2.77. The minimum Gasteiger partial charge on any atom is -0.388 e. The maximum atomic E-state index is 10.2. The van der Waals surface area contributed by atoms with Crippen LogP contribution >= 0.6 is 11.8 Å². The molecule has 1 N–H and O–H groups in total. The van der Waals surface area contributed by atoms with Gasteiger partial charge in [-0.05, 0) is 23.1 Å². The zero-order valence-corrected chi connectivity index (χ0v) is 9.78. The van der Waals surface area contributed by atoms with Gasteiger partial charge in [0.15, 0.2) is 0 Å². The first kappa shape index (κ1) is 10.2. The second kappa shape index (κ2) is 4.11. The number of aliphatic hydroxyl groups is 1. The summed E-state index contributed by atoms with van der Waals surface area (Å²) in [6.07, 6.45) is 15.4. The van der Waals surface area contributed by atoms with Gasteiger partial charge in [0.05, 0.1) is 6.10 Å². The molecule has 0 bridgehead atoms. The van der Waals surface area contributed by atoms with Crippen molar-refractivity contribution in [2.75, 3.05) is 5.75 Å². The molecule has 2 aliphatic carbocycles. The van der Waals surface area contributed by atoms with E-state index in [0.717, 1.165) is 17.7 Å². The molecule has 0 saturated heterocycles. The molecule has 16 heavy (non-hydrogen) atoms. The standard InChI is InChI=1S/C14H14OS/c15-12-6-3-4-10-8-9-16-13-7-2-1-5-11(13)14(10)12/h1-5,7-8,12-13,15H,6,9H2. The van der Waals surface area contributed by atoms with E-state index in [4.69, 9.17) is 0 Å². The van der Waals surface area contributed by atoms with Crippen LogP contribution in [0.2, 0.25) is 0 Å². The minimum atomic E-state index is -0.330. The molecule has 0 aromatic rings. The van der Waals surface area contributed by atoms with Crippen molar-refractivity contribution in [2.24, 2.45) is 0 Å². The highest BCUT2D eigenvalue weighted by Crippen LogP contribution is 2.37. The summed E-state index contributed by atoms with van der Waals surface area (Å²) in [5.41, 5.74) is 3.63. The molecule has 3 aliphatic rings. The van der Waals surface area contributed by atoms with Crippen LogP contribution < -0.4 is 0 Å². The van der Waals surface area contributed by atoms with Crippen LogP contribution in [0.25, 0.3) is 0 Å². The number of hydrogen-bond donors (Lipinski definition) is 1. The monoisotopic (exact) mass is 230 g/mol. The Morgan fingerprint density at radius 2 is 2.19 bits per heavy atom. The number of allylic oxidation sites excluding steroid dienone is 4. The SMILES string of the molecule is OC1CC=CC2=CCSC3C=CC=CC3=C21. The van der Waals surface area contributed by atoms with Crippen molar-refractivity contribution in [3.63, 3.8) is 0 Å². The molecule has 1 nitrogen and oxygen atoms in total. The topological polar surface area (TPSA) is 20.2 Å². The molecular weight excluding hydrogens is 216 g/mol. The number of thioether (sulfide) groups is 1. The molecule has 1 heterocycles. The van der Waals surface area contributed by atoms with Crippen LogP contribution in [0.15, 0.2) is 59.3 Å². The van der Waals surface area contributed by atoms with Gasteiger partial charge in [-0.2, -0.15) is 0 Å². The first-order valence-corrected chi connectivity index (χ1v) is 6.67. The molecule has 3 rings (SSSR count). The smallest absolute Gasteiger partial charge is 0.0833 e. The number of rotatable bonds is 0. The summed E-state index contributed by atoms with van der Waals surface area (Å²) < 4.78 is 0. The van der Waals surface area contributed by atoms with E-state index in [1.807, 2.05) is 11.8 Å². The van der Waals surface area contributed by atoms with Crippen molar-refractivity contribution in [1.82, 2.24) is 0 Å². The summed E-state index contributed by atoms with van der Waals surface area (Å²) in [6.45, 7) is 0. The van der Waals surface area contributed by atoms with Gasteiger partial charge in [0.2, 0.25) is 0 Å². The van der Waals surface area contributed by atoms with E-state index < -0.39 is 0 Å². The van der Waals surface area contributed by atoms with Gasteiger partial charge >= 0.3 is 0 Å². The van der Waals surface area contributed by atoms with Crippen molar-refractivity contribution < 1.29 is 5.11 Å². The van der Waals surface area contributed by atoms with Gasteiger partial charge in [-0.3, -0.25) is 0 Å². The van der Waals surface area contributed by atoms with Gasteiger partial charge in [-0.1, -0.05) is 42.5 Å². The summed E-state index contributed by atoms with van der Waals surface area (Å²) in [6, 6.07) is 0. The van der Waals surface area contributed by atoms with Crippen molar-refractivity contribution in [3.05, 3.63) is 59.3 Å². The highest BCUT2D eigenvalue weighted by Gasteiger charge is 2.26. The summed E-state index contributed by atoms with van der Waals surface area (Å²) in [5, 5.41) is 10.6. The third kappa shape index (κ3) is 1.62. The van der Waals surface area contributed by atoms with E-state index in [9.17, 15) is 5.11 Å². The molecule has 0 spiro atoms. The molecule has 2 heteroatoms. The van der Waals surface area contributed by atoms with Gasteiger partial charge < -0.3 is 5.11 Å². The Labute approximate surface area is 99.9 Å². The molecular formula is C14H14OS. The lowest BCUT2D eigenvalue weighted by molar-refractivity contribution is 0.214. The van der Waals surface area contributed by atoms with Crippen molar-refractivity contribution >= 4 is 11.8 Å². The zero-order valence-electron chi connectivity index (χ0n) is 8.97. The van der Waals surface area contributed by atoms with Gasteiger partial charge in [0, 0.05) is 11.0 Å². The van der Waals surface area contributed by atoms with E-state index in [1.54, 1.807) is 0 Å². The average molecular weight is 230 g/mol. The molecule has 0 radical (unpaired) electrons. The van der Waals surface area contributed by atoms with Crippen LogP contribution in [-0.2, 0) is 0 Å². The van der Waals surface area contributed by atoms with Crippen LogP contribution in [0.4, 0.5) is 0 Å². The summed E-state index contributed by atoms with van der Waals surface area (Å²) in [7, 11) is 0. The maximum absolute atomic E-state index is 10.2. The lowest BCUT2D eigenvalue weighted by atomic mass is 9.86. The first-order valence-electron chi connectivity index (χ1n) is 5.62. The molecule has 0 fully saturated rings. The molecule has 0 saturated carbocycles. The fourth-order valence-corrected chi connectivity index (χ4v) is 3.48. The highest BCUT2D eigenvalue weighted by molar-refractivity contribution is 8.00. The van der Waals surface area contributed by atoms with E-state index in [-0.39, 0.29) is 6.10 Å². The van der Waals surface area contributed by atoms with Crippen LogP contribution in [0.5, 0.6) is 0 Å². The van der Waals surface area contributed by atoms with Gasteiger partial charge in [0.1, 0.15) is 0 Å². The van der Waals surface area contributed by atoms with Crippen molar-refractivity contribution in [1.29, 1.82) is 0 Å². The van der Waals surface area contributed by atoms with Gasteiger partial charge in [-0.15, -0.1) is 11.8 Å². The number of hydrogen-bond acceptors (Lipinski definition) is 2. The van der Waals surface area contributed by atoms with Crippen molar-refractivity contribution in [2.45, 2.75) is 17.8 Å². The van der Waals surface area contributed by atoms with Crippen LogP contribution in [0, 0.1) is 0 Å². The lowest BCUT2D eigenvalue weighted by Crippen LogP contribution is -2.18. The highest BCUT2D eigenvalue weighted by atomic mass is 32.2. The zero-order chi connectivity index (χ0) is 11.0. The van der Waals surface area contributed by atoms with Crippen molar-refractivity contribution in [3.8, 4) is 0 Å². The third-order valence-electron chi connectivity index (χ3n) is 3.17. The number of fused-ring (bicyclic) bond motifs is 2. The largest absolute Gasteiger partial charge is 0.388 e. The lowest BCUT2D eigenvalue weighted by Gasteiger charge is -2.24. The molecule has 82 valence electrons. The quantitative estimate of drug-likeness (QED) is 0.690. The molecule has 2 atom stereocenters. The van der Waals surface area contributed by atoms with E-state index in [1.165, 1.54) is 11.1 Å². The molecule has 0 aromatic heterocycles. The van der Waals surface area contributed by atoms with Gasteiger partial charge in [-0.25, -0.2) is 0 Å². The Bertz CT molecular complexity index is 451.